The predicted octanol–water partition coefficient (Wildman–Crippen LogP) is 4.29. The Hall–Kier alpha value is -2.63. The first-order valence-corrected chi connectivity index (χ1v) is 11.0. The Balaban J connectivity index is 2.01. The van der Waals surface area contributed by atoms with Gasteiger partial charge in [0.15, 0.2) is 17.3 Å². The Labute approximate surface area is 183 Å². The molecule has 1 aliphatic carbocycles. The Bertz CT molecular complexity index is 960. The van der Waals surface area contributed by atoms with Crippen molar-refractivity contribution in [1.29, 1.82) is 0 Å². The van der Waals surface area contributed by atoms with E-state index in [2.05, 4.69) is 0 Å². The van der Waals surface area contributed by atoms with Crippen molar-refractivity contribution in [2.24, 2.45) is 0 Å². The summed E-state index contributed by atoms with van der Waals surface area (Å²) in [5.74, 6) is -1.04. The first kappa shape index (κ1) is 23.0. The highest BCUT2D eigenvalue weighted by atomic mass is 16.3. The molecule has 3 rings (SSSR count). The predicted molar refractivity (Wildman–Crippen MR) is 119 cm³/mol. The van der Waals surface area contributed by atoms with E-state index in [1.165, 1.54) is 0 Å². The van der Waals surface area contributed by atoms with Crippen LogP contribution < -0.4 is 0 Å². The lowest BCUT2D eigenvalue weighted by molar-refractivity contribution is 0.0277. The Morgan fingerprint density at radius 1 is 0.742 bits per heavy atom. The van der Waals surface area contributed by atoms with Crippen LogP contribution in [-0.4, -0.2) is 38.8 Å². The van der Waals surface area contributed by atoms with Gasteiger partial charge in [0.1, 0.15) is 11.2 Å². The van der Waals surface area contributed by atoms with Crippen LogP contribution in [0.25, 0.3) is 0 Å². The van der Waals surface area contributed by atoms with Gasteiger partial charge in [0.05, 0.1) is 0 Å². The molecule has 31 heavy (non-hydrogen) atoms. The van der Waals surface area contributed by atoms with Gasteiger partial charge < -0.3 is 10.2 Å². The van der Waals surface area contributed by atoms with Crippen LogP contribution in [-0.2, 0) is 6.42 Å². The van der Waals surface area contributed by atoms with Gasteiger partial charge in [0.25, 0.3) is 0 Å². The number of Topliss-reactive ketones (excluding diaryl/α,β-unsaturated/α-hetero) is 2. The van der Waals surface area contributed by atoms with Gasteiger partial charge >= 0.3 is 0 Å². The zero-order valence-corrected chi connectivity index (χ0v) is 18.6. The van der Waals surface area contributed by atoms with Gasteiger partial charge in [0.2, 0.25) is 0 Å². The van der Waals surface area contributed by atoms with Gasteiger partial charge in [-0.2, -0.15) is 0 Å². The lowest BCUT2D eigenvalue weighted by Gasteiger charge is -2.26. The van der Waals surface area contributed by atoms with Crippen LogP contribution in [0.1, 0.15) is 101 Å². The Morgan fingerprint density at radius 3 is 1.42 bits per heavy atom. The molecule has 164 valence electrons. The van der Waals surface area contributed by atoms with E-state index in [0.717, 1.165) is 11.1 Å². The number of rotatable bonds is 8. The third-order valence-electron chi connectivity index (χ3n) is 6.80. The van der Waals surface area contributed by atoms with Crippen LogP contribution in [0.2, 0.25) is 0 Å². The number of benzene rings is 2. The first-order chi connectivity index (χ1) is 14.6. The summed E-state index contributed by atoms with van der Waals surface area (Å²) in [5.41, 5.74) is 0.160. The molecular weight excluding hydrogens is 392 g/mol. The van der Waals surface area contributed by atoms with E-state index in [1.807, 2.05) is 0 Å². The number of fused-ring (bicyclic) bond motifs is 2. The molecule has 0 fully saturated rings. The SMILES string of the molecule is CCC(O)(CC)C(=O)c1ccc2c(c1)C(=O)c1cc(C(=O)C(O)(CC)CC)ccc1C2. The molecule has 5 nitrogen and oxygen atoms in total. The van der Waals surface area contributed by atoms with Crippen molar-refractivity contribution in [2.45, 2.75) is 71.0 Å². The fraction of sp³-hybridized carbons (Fsp3) is 0.423. The maximum Gasteiger partial charge on any atom is 0.194 e. The molecule has 5 heteroatoms. The third-order valence-corrected chi connectivity index (χ3v) is 6.80. The molecule has 0 aliphatic heterocycles. The summed E-state index contributed by atoms with van der Waals surface area (Å²) in [7, 11) is 0. The highest BCUT2D eigenvalue weighted by Gasteiger charge is 2.35. The monoisotopic (exact) mass is 422 g/mol. The fourth-order valence-corrected chi connectivity index (χ4v) is 4.20. The smallest absolute Gasteiger partial charge is 0.194 e. The lowest BCUT2D eigenvalue weighted by atomic mass is 9.80. The lowest BCUT2D eigenvalue weighted by Crippen LogP contribution is -2.37. The highest BCUT2D eigenvalue weighted by molar-refractivity contribution is 6.15. The molecule has 0 unspecified atom stereocenters. The minimum atomic E-state index is -1.45. The van der Waals surface area contributed by atoms with E-state index in [0.29, 0.717) is 54.4 Å². The number of hydrogen-bond acceptors (Lipinski definition) is 5. The highest BCUT2D eigenvalue weighted by Crippen LogP contribution is 2.31. The zero-order valence-electron chi connectivity index (χ0n) is 18.6. The van der Waals surface area contributed by atoms with Crippen molar-refractivity contribution in [1.82, 2.24) is 0 Å². The molecule has 2 aromatic carbocycles. The molecular formula is C26H30O5. The van der Waals surface area contributed by atoms with E-state index >= 15 is 0 Å². The average molecular weight is 423 g/mol. The molecule has 0 spiro atoms. The standard InChI is InChI=1S/C26H30O5/c1-5-25(30,6-2)23(28)18-11-9-16-13-17-10-12-19(24(29)26(31,7-3)8-4)15-21(17)22(27)20(16)14-18/h9-12,14-15,30-31H,5-8,13H2,1-4H3. The van der Waals surface area contributed by atoms with Gasteiger partial charge in [-0.3, -0.25) is 14.4 Å². The van der Waals surface area contributed by atoms with Crippen molar-refractivity contribution in [3.05, 3.63) is 69.8 Å². The van der Waals surface area contributed by atoms with Crippen molar-refractivity contribution < 1.29 is 24.6 Å². The van der Waals surface area contributed by atoms with E-state index in [4.69, 9.17) is 0 Å². The summed E-state index contributed by atoms with van der Waals surface area (Å²) < 4.78 is 0. The molecule has 0 bridgehead atoms. The van der Waals surface area contributed by atoms with Crippen molar-refractivity contribution in [3.8, 4) is 0 Å². The summed E-state index contributed by atoms with van der Waals surface area (Å²) in [6.45, 7) is 7.03. The molecule has 0 amide bonds. The minimum absolute atomic E-state index is 0.256. The zero-order chi connectivity index (χ0) is 23.0. The second-order valence-corrected chi connectivity index (χ2v) is 8.39. The van der Waals surface area contributed by atoms with E-state index in [9.17, 15) is 24.6 Å². The average Bonchev–Trinajstić information content (AvgIpc) is 2.81. The molecule has 2 aromatic rings. The first-order valence-electron chi connectivity index (χ1n) is 11.0. The molecule has 0 aromatic heterocycles. The van der Waals surface area contributed by atoms with Crippen LogP contribution in [0.15, 0.2) is 36.4 Å². The second kappa shape index (κ2) is 8.48. The van der Waals surface area contributed by atoms with Gasteiger partial charge in [-0.05, 0) is 55.4 Å². The van der Waals surface area contributed by atoms with Gasteiger partial charge in [0, 0.05) is 22.3 Å². The molecule has 0 heterocycles. The minimum Gasteiger partial charge on any atom is -0.382 e. The maximum absolute atomic E-state index is 13.3. The molecule has 0 saturated heterocycles. The van der Waals surface area contributed by atoms with Gasteiger partial charge in [-0.15, -0.1) is 0 Å². The third kappa shape index (κ3) is 3.88. The van der Waals surface area contributed by atoms with Crippen LogP contribution in [0.5, 0.6) is 0 Å². The molecule has 0 saturated carbocycles. The van der Waals surface area contributed by atoms with E-state index in [-0.39, 0.29) is 5.78 Å². The Morgan fingerprint density at radius 2 is 1.10 bits per heavy atom. The van der Waals surface area contributed by atoms with Crippen LogP contribution >= 0.6 is 0 Å². The fourth-order valence-electron chi connectivity index (χ4n) is 4.20. The van der Waals surface area contributed by atoms with Gasteiger partial charge in [-0.25, -0.2) is 0 Å². The van der Waals surface area contributed by atoms with E-state index in [1.54, 1.807) is 64.1 Å². The summed E-state index contributed by atoms with van der Waals surface area (Å²) >= 11 is 0. The van der Waals surface area contributed by atoms with Crippen LogP contribution in [0.3, 0.4) is 0 Å². The van der Waals surface area contributed by atoms with Crippen LogP contribution in [0, 0.1) is 0 Å². The number of ketones is 3. The quantitative estimate of drug-likeness (QED) is 0.529. The normalized spacial score (nSPS) is 13.5. The maximum atomic E-state index is 13.3. The largest absolute Gasteiger partial charge is 0.382 e. The summed E-state index contributed by atoms with van der Waals surface area (Å²) in [6, 6.07) is 9.97. The van der Waals surface area contributed by atoms with Crippen molar-refractivity contribution >= 4 is 17.3 Å². The molecule has 2 N–H and O–H groups in total. The number of hydrogen-bond donors (Lipinski definition) is 2. The summed E-state index contributed by atoms with van der Waals surface area (Å²) in [5, 5.41) is 21.2. The molecule has 0 atom stereocenters. The van der Waals surface area contributed by atoms with Gasteiger partial charge in [-0.1, -0.05) is 52.0 Å². The molecule has 1 aliphatic rings. The topological polar surface area (TPSA) is 91.7 Å². The van der Waals surface area contributed by atoms with Crippen molar-refractivity contribution in [2.75, 3.05) is 0 Å². The number of carbonyl (C=O) groups excluding carboxylic acids is 3. The number of aliphatic hydroxyl groups is 2. The van der Waals surface area contributed by atoms with Crippen molar-refractivity contribution in [3.63, 3.8) is 0 Å². The summed E-state index contributed by atoms with van der Waals surface area (Å²) in [6.07, 6.45) is 1.68. The molecule has 0 radical (unpaired) electrons. The van der Waals surface area contributed by atoms with Crippen LogP contribution in [0.4, 0.5) is 0 Å². The Kier molecular flexibility index (Phi) is 6.30. The number of carbonyl (C=O) groups is 3. The van der Waals surface area contributed by atoms with E-state index < -0.39 is 22.8 Å². The summed E-state index contributed by atoms with van der Waals surface area (Å²) in [4.78, 5) is 39.0. The second-order valence-electron chi connectivity index (χ2n) is 8.39.